The van der Waals surface area contributed by atoms with E-state index in [1.54, 1.807) is 4.68 Å². The number of benzene rings is 1. The van der Waals surface area contributed by atoms with Crippen LogP contribution < -0.4 is 10.4 Å². The lowest BCUT2D eigenvalue weighted by atomic mass is 10.2. The molecule has 0 aliphatic heterocycles. The molecule has 0 saturated carbocycles. The number of imidazole rings is 1. The summed E-state index contributed by atoms with van der Waals surface area (Å²) in [7, 11) is 0. The number of nitrogens with zero attached hydrogens (tertiary/aromatic N) is 2. The zero-order valence-corrected chi connectivity index (χ0v) is 7.30. The minimum Gasteiger partial charge on any atom is -0.269 e. The molecule has 3 heteroatoms. The Balaban J connectivity index is 2.15. The summed E-state index contributed by atoms with van der Waals surface area (Å²) < 4.78 is 3.58. The van der Waals surface area contributed by atoms with Gasteiger partial charge in [0.15, 0.2) is 6.20 Å². The molecule has 66 valence electrons. The fraction of sp³-hybridized carbons (Fsp3) is 0.100. The Morgan fingerprint density at radius 1 is 1.23 bits per heavy atom. The van der Waals surface area contributed by atoms with E-state index in [0.29, 0.717) is 0 Å². The van der Waals surface area contributed by atoms with Crippen LogP contribution in [-0.4, -0.2) is 4.68 Å². The van der Waals surface area contributed by atoms with Crippen molar-refractivity contribution in [2.75, 3.05) is 5.84 Å². The number of rotatable bonds is 2. The van der Waals surface area contributed by atoms with Gasteiger partial charge < -0.3 is 0 Å². The highest BCUT2D eigenvalue weighted by Gasteiger charge is 2.00. The van der Waals surface area contributed by atoms with Crippen molar-refractivity contribution in [3.8, 4) is 0 Å². The molecule has 0 bridgehead atoms. The second-order valence-electron chi connectivity index (χ2n) is 3.02. The molecular formula is C10H12N3+. The summed E-state index contributed by atoms with van der Waals surface area (Å²) in [6.45, 7) is 0.866. The van der Waals surface area contributed by atoms with Crippen molar-refractivity contribution in [1.82, 2.24) is 4.68 Å². The van der Waals surface area contributed by atoms with Crippen molar-refractivity contribution in [3.05, 3.63) is 54.6 Å². The molecule has 1 aromatic carbocycles. The number of nitrogen functional groups attached to an aromatic ring is 1. The summed E-state index contributed by atoms with van der Waals surface area (Å²) in [6.07, 6.45) is 5.63. The van der Waals surface area contributed by atoms with E-state index in [4.69, 9.17) is 5.84 Å². The highest BCUT2D eigenvalue weighted by molar-refractivity contribution is 5.13. The van der Waals surface area contributed by atoms with Crippen LogP contribution >= 0.6 is 0 Å². The van der Waals surface area contributed by atoms with Crippen molar-refractivity contribution < 1.29 is 4.57 Å². The average Bonchev–Trinajstić information content (AvgIpc) is 2.53. The van der Waals surface area contributed by atoms with Gasteiger partial charge in [0.25, 0.3) is 6.33 Å². The minimum atomic E-state index is 0.866. The molecule has 0 aliphatic carbocycles. The van der Waals surface area contributed by atoms with Crippen LogP contribution in [0.4, 0.5) is 0 Å². The molecule has 0 spiro atoms. The second kappa shape index (κ2) is 3.31. The zero-order valence-electron chi connectivity index (χ0n) is 7.30. The first kappa shape index (κ1) is 7.86. The van der Waals surface area contributed by atoms with Crippen molar-refractivity contribution in [2.45, 2.75) is 6.54 Å². The summed E-state index contributed by atoms with van der Waals surface area (Å²) in [6, 6.07) is 10.3. The van der Waals surface area contributed by atoms with Gasteiger partial charge in [-0.05, 0) is 5.56 Å². The lowest BCUT2D eigenvalue weighted by molar-refractivity contribution is -0.687. The van der Waals surface area contributed by atoms with Gasteiger partial charge in [0, 0.05) is 0 Å². The van der Waals surface area contributed by atoms with E-state index in [-0.39, 0.29) is 0 Å². The first-order chi connectivity index (χ1) is 6.34. The summed E-state index contributed by atoms with van der Waals surface area (Å²) >= 11 is 0. The topological polar surface area (TPSA) is 34.8 Å². The molecule has 0 fully saturated rings. The molecule has 0 saturated heterocycles. The fourth-order valence-corrected chi connectivity index (χ4v) is 1.30. The standard InChI is InChI=1S/C10H12N3/c11-13-7-6-12(9-13)8-10-4-2-1-3-5-10/h1-7,9H,8,11H2/q+1. The Morgan fingerprint density at radius 2 is 2.00 bits per heavy atom. The third kappa shape index (κ3) is 1.87. The molecule has 1 heterocycles. The van der Waals surface area contributed by atoms with Gasteiger partial charge in [-0.15, -0.1) is 4.68 Å². The summed E-state index contributed by atoms with van der Waals surface area (Å²) in [4.78, 5) is 0. The van der Waals surface area contributed by atoms with Gasteiger partial charge in [0.1, 0.15) is 12.7 Å². The average molecular weight is 174 g/mol. The Kier molecular flexibility index (Phi) is 2.00. The van der Waals surface area contributed by atoms with E-state index in [9.17, 15) is 0 Å². The third-order valence-electron chi connectivity index (χ3n) is 1.92. The van der Waals surface area contributed by atoms with E-state index < -0.39 is 0 Å². The van der Waals surface area contributed by atoms with Crippen molar-refractivity contribution in [1.29, 1.82) is 0 Å². The van der Waals surface area contributed by atoms with Gasteiger partial charge in [-0.3, -0.25) is 5.84 Å². The van der Waals surface area contributed by atoms with E-state index in [2.05, 4.69) is 12.1 Å². The van der Waals surface area contributed by atoms with E-state index in [1.165, 1.54) is 5.56 Å². The highest BCUT2D eigenvalue weighted by atomic mass is 15.3. The van der Waals surface area contributed by atoms with E-state index in [1.807, 2.05) is 41.5 Å². The third-order valence-corrected chi connectivity index (χ3v) is 1.92. The van der Waals surface area contributed by atoms with Crippen LogP contribution in [0.25, 0.3) is 0 Å². The molecule has 2 rings (SSSR count). The molecule has 0 aliphatic rings. The molecule has 1 aromatic heterocycles. The van der Waals surface area contributed by atoms with Crippen LogP contribution in [-0.2, 0) is 6.54 Å². The molecule has 3 nitrogen and oxygen atoms in total. The molecule has 0 radical (unpaired) electrons. The van der Waals surface area contributed by atoms with Gasteiger partial charge >= 0.3 is 0 Å². The van der Waals surface area contributed by atoms with Crippen LogP contribution in [0.3, 0.4) is 0 Å². The van der Waals surface area contributed by atoms with Gasteiger partial charge in [-0.2, -0.15) is 0 Å². The fourth-order valence-electron chi connectivity index (χ4n) is 1.30. The highest BCUT2D eigenvalue weighted by Crippen LogP contribution is 1.96. The smallest absolute Gasteiger partial charge is 0.267 e. The SMILES string of the molecule is Nn1cc[n+](Cc2ccccc2)c1. The van der Waals surface area contributed by atoms with Crippen molar-refractivity contribution >= 4 is 0 Å². The van der Waals surface area contributed by atoms with Gasteiger partial charge in [-0.25, -0.2) is 4.57 Å². The molecule has 0 amide bonds. The van der Waals surface area contributed by atoms with Gasteiger partial charge in [-0.1, -0.05) is 30.3 Å². The van der Waals surface area contributed by atoms with E-state index >= 15 is 0 Å². The molecular weight excluding hydrogens is 162 g/mol. The monoisotopic (exact) mass is 174 g/mol. The minimum absolute atomic E-state index is 0.866. The number of hydrogen-bond donors (Lipinski definition) is 1. The van der Waals surface area contributed by atoms with Crippen molar-refractivity contribution in [2.24, 2.45) is 0 Å². The lowest BCUT2D eigenvalue weighted by Crippen LogP contribution is -2.32. The molecule has 13 heavy (non-hydrogen) atoms. The van der Waals surface area contributed by atoms with Crippen LogP contribution in [0, 0.1) is 0 Å². The maximum atomic E-state index is 5.53. The second-order valence-corrected chi connectivity index (χ2v) is 3.02. The quantitative estimate of drug-likeness (QED) is 0.523. The summed E-state index contributed by atoms with van der Waals surface area (Å²) in [5.41, 5.74) is 1.28. The largest absolute Gasteiger partial charge is 0.269 e. The van der Waals surface area contributed by atoms with Crippen LogP contribution in [0.1, 0.15) is 5.56 Å². The summed E-state index contributed by atoms with van der Waals surface area (Å²) in [5, 5.41) is 0. The van der Waals surface area contributed by atoms with Crippen LogP contribution in [0.5, 0.6) is 0 Å². The van der Waals surface area contributed by atoms with Gasteiger partial charge in [0.05, 0.1) is 0 Å². The number of aromatic nitrogens is 2. The van der Waals surface area contributed by atoms with E-state index in [0.717, 1.165) is 6.54 Å². The van der Waals surface area contributed by atoms with Crippen LogP contribution in [0.2, 0.25) is 0 Å². The maximum Gasteiger partial charge on any atom is 0.267 e. The zero-order chi connectivity index (χ0) is 9.10. The number of hydrogen-bond acceptors (Lipinski definition) is 1. The first-order valence-electron chi connectivity index (χ1n) is 4.20. The summed E-state index contributed by atoms with van der Waals surface area (Å²) in [5.74, 6) is 5.53. The van der Waals surface area contributed by atoms with Gasteiger partial charge in [0.2, 0.25) is 0 Å². The predicted molar refractivity (Wildman–Crippen MR) is 50.3 cm³/mol. The Labute approximate surface area is 77.0 Å². The maximum absolute atomic E-state index is 5.53. The Hall–Kier alpha value is -1.77. The molecule has 0 atom stereocenters. The normalized spacial score (nSPS) is 10.2. The molecule has 2 aromatic rings. The lowest BCUT2D eigenvalue weighted by Gasteiger charge is -1.95. The molecule has 0 unspecified atom stereocenters. The first-order valence-corrected chi connectivity index (χ1v) is 4.20. The van der Waals surface area contributed by atoms with Crippen molar-refractivity contribution in [3.63, 3.8) is 0 Å². The predicted octanol–water partition coefficient (Wildman–Crippen LogP) is 0.538. The Morgan fingerprint density at radius 3 is 2.62 bits per heavy atom. The van der Waals surface area contributed by atoms with Crippen LogP contribution in [0.15, 0.2) is 49.1 Å². The Bertz CT molecular complexity index is 378. The molecule has 2 N–H and O–H groups in total. The number of nitrogens with two attached hydrogens (primary N) is 1.